The van der Waals surface area contributed by atoms with Crippen molar-refractivity contribution in [3.63, 3.8) is 0 Å². The van der Waals surface area contributed by atoms with Crippen molar-refractivity contribution < 1.29 is 13.9 Å². The van der Waals surface area contributed by atoms with Gasteiger partial charge in [-0.15, -0.1) is 0 Å². The highest BCUT2D eigenvalue weighted by molar-refractivity contribution is 9.10. The highest BCUT2D eigenvalue weighted by Gasteiger charge is 2.14. The zero-order valence-electron chi connectivity index (χ0n) is 15.2. The molecule has 0 unspecified atom stereocenters. The van der Waals surface area contributed by atoms with Crippen LogP contribution in [0.15, 0.2) is 34.8 Å². The Kier molecular flexibility index (Phi) is 8.19. The van der Waals surface area contributed by atoms with Crippen LogP contribution < -0.4 is 14.8 Å². The van der Waals surface area contributed by atoms with Crippen LogP contribution in [0.1, 0.15) is 38.3 Å². The third-order valence-corrected chi connectivity index (χ3v) is 4.96. The maximum absolute atomic E-state index is 13.2. The van der Waals surface area contributed by atoms with Gasteiger partial charge >= 0.3 is 0 Å². The average molecular weight is 445 g/mol. The molecule has 0 radical (unpaired) electrons. The average Bonchev–Trinajstić information content (AvgIpc) is 2.60. The maximum Gasteiger partial charge on any atom is 0.175 e. The SMILES string of the molecule is CCOc1cc(CN[C@@H](C)CC)cc(Br)c1OCc1ccc(F)cc1Cl. The van der Waals surface area contributed by atoms with Crippen molar-refractivity contribution in [2.75, 3.05) is 6.61 Å². The first-order chi connectivity index (χ1) is 12.4. The van der Waals surface area contributed by atoms with Gasteiger partial charge in [-0.3, -0.25) is 0 Å². The van der Waals surface area contributed by atoms with Crippen LogP contribution in [-0.2, 0) is 13.2 Å². The number of nitrogens with one attached hydrogen (secondary N) is 1. The zero-order chi connectivity index (χ0) is 19.1. The van der Waals surface area contributed by atoms with E-state index in [4.69, 9.17) is 21.1 Å². The molecule has 0 fully saturated rings. The van der Waals surface area contributed by atoms with Crippen LogP contribution in [0.3, 0.4) is 0 Å². The third-order valence-electron chi connectivity index (χ3n) is 4.02. The van der Waals surface area contributed by atoms with Gasteiger partial charge in [0, 0.05) is 18.2 Å². The van der Waals surface area contributed by atoms with Crippen molar-refractivity contribution in [3.05, 3.63) is 56.8 Å². The monoisotopic (exact) mass is 443 g/mol. The Morgan fingerprint density at radius 1 is 1.19 bits per heavy atom. The number of hydrogen-bond donors (Lipinski definition) is 1. The number of rotatable bonds is 9. The van der Waals surface area contributed by atoms with Gasteiger partial charge in [-0.1, -0.05) is 24.6 Å². The lowest BCUT2D eigenvalue weighted by Gasteiger charge is -2.17. The van der Waals surface area contributed by atoms with E-state index in [1.807, 2.05) is 19.1 Å². The molecule has 0 saturated carbocycles. The van der Waals surface area contributed by atoms with Crippen molar-refractivity contribution in [1.29, 1.82) is 0 Å². The van der Waals surface area contributed by atoms with E-state index in [1.165, 1.54) is 12.1 Å². The van der Waals surface area contributed by atoms with Crippen molar-refractivity contribution >= 4 is 27.5 Å². The minimum Gasteiger partial charge on any atom is -0.490 e. The van der Waals surface area contributed by atoms with Gasteiger partial charge < -0.3 is 14.8 Å². The van der Waals surface area contributed by atoms with E-state index in [1.54, 1.807) is 6.07 Å². The van der Waals surface area contributed by atoms with Gasteiger partial charge in [0.2, 0.25) is 0 Å². The van der Waals surface area contributed by atoms with Gasteiger partial charge in [0.15, 0.2) is 11.5 Å². The molecule has 2 aromatic rings. The highest BCUT2D eigenvalue weighted by atomic mass is 79.9. The molecule has 6 heteroatoms. The molecule has 1 N–H and O–H groups in total. The predicted octanol–water partition coefficient (Wildman–Crippen LogP) is 6.11. The van der Waals surface area contributed by atoms with Crippen LogP contribution in [-0.4, -0.2) is 12.6 Å². The summed E-state index contributed by atoms with van der Waals surface area (Å²) in [5, 5.41) is 3.81. The Bertz CT molecular complexity index is 742. The fourth-order valence-corrected chi connectivity index (χ4v) is 3.18. The minimum atomic E-state index is -0.368. The van der Waals surface area contributed by atoms with Gasteiger partial charge in [0.05, 0.1) is 16.1 Å². The second kappa shape index (κ2) is 10.1. The topological polar surface area (TPSA) is 30.5 Å². The third kappa shape index (κ3) is 5.86. The fourth-order valence-electron chi connectivity index (χ4n) is 2.35. The molecule has 0 aliphatic heterocycles. The lowest BCUT2D eigenvalue weighted by molar-refractivity contribution is 0.267. The molecule has 0 spiro atoms. The van der Waals surface area contributed by atoms with Crippen LogP contribution in [0.2, 0.25) is 5.02 Å². The van der Waals surface area contributed by atoms with Crippen molar-refractivity contribution in [3.8, 4) is 11.5 Å². The molecular formula is C20H24BrClFNO2. The normalized spacial score (nSPS) is 12.1. The zero-order valence-corrected chi connectivity index (χ0v) is 17.6. The summed E-state index contributed by atoms with van der Waals surface area (Å²) in [6, 6.07) is 8.71. The van der Waals surface area contributed by atoms with Crippen molar-refractivity contribution in [2.45, 2.75) is 46.4 Å². The van der Waals surface area contributed by atoms with E-state index >= 15 is 0 Å². The standard InChI is InChI=1S/C20H24BrClFNO2/c1-4-13(3)24-11-14-8-17(21)20(19(9-14)25-5-2)26-12-15-6-7-16(23)10-18(15)22/h6-10,13,24H,4-5,11-12H2,1-3H3/t13-/m0/s1. The summed E-state index contributed by atoms with van der Waals surface area (Å²) in [6.45, 7) is 7.74. The van der Waals surface area contributed by atoms with E-state index in [-0.39, 0.29) is 12.4 Å². The summed E-state index contributed by atoms with van der Waals surface area (Å²) in [4.78, 5) is 0. The highest BCUT2D eigenvalue weighted by Crippen LogP contribution is 2.38. The largest absolute Gasteiger partial charge is 0.490 e. The minimum absolute atomic E-state index is 0.224. The number of benzene rings is 2. The molecule has 0 heterocycles. The molecule has 2 rings (SSSR count). The summed E-state index contributed by atoms with van der Waals surface area (Å²) in [5.74, 6) is 0.911. The summed E-state index contributed by atoms with van der Waals surface area (Å²) < 4.78 is 25.7. The molecule has 0 amide bonds. The van der Waals surface area contributed by atoms with Crippen molar-refractivity contribution in [1.82, 2.24) is 5.32 Å². The second-order valence-electron chi connectivity index (χ2n) is 6.05. The molecule has 1 atom stereocenters. The molecule has 3 nitrogen and oxygen atoms in total. The van der Waals surface area contributed by atoms with E-state index in [2.05, 4.69) is 35.1 Å². The van der Waals surface area contributed by atoms with Gasteiger partial charge in [-0.25, -0.2) is 4.39 Å². The van der Waals surface area contributed by atoms with E-state index in [0.29, 0.717) is 34.7 Å². The molecule has 0 aliphatic carbocycles. The Labute approximate surface area is 168 Å². The van der Waals surface area contributed by atoms with E-state index < -0.39 is 0 Å². The molecule has 0 saturated heterocycles. The first-order valence-electron chi connectivity index (χ1n) is 8.69. The lowest BCUT2D eigenvalue weighted by Crippen LogP contribution is -2.24. The summed E-state index contributed by atoms with van der Waals surface area (Å²) >= 11 is 9.65. The van der Waals surface area contributed by atoms with Crippen LogP contribution >= 0.6 is 27.5 Å². The van der Waals surface area contributed by atoms with Gasteiger partial charge in [0.1, 0.15) is 12.4 Å². The molecule has 26 heavy (non-hydrogen) atoms. The second-order valence-corrected chi connectivity index (χ2v) is 7.31. The van der Waals surface area contributed by atoms with E-state index in [0.717, 1.165) is 23.0 Å². The van der Waals surface area contributed by atoms with Gasteiger partial charge in [0.25, 0.3) is 0 Å². The maximum atomic E-state index is 13.2. The molecule has 0 bridgehead atoms. The molecule has 0 aromatic heterocycles. The number of ether oxygens (including phenoxy) is 2. The van der Waals surface area contributed by atoms with Crippen molar-refractivity contribution in [2.24, 2.45) is 0 Å². The van der Waals surface area contributed by atoms with E-state index in [9.17, 15) is 4.39 Å². The van der Waals surface area contributed by atoms with Crippen LogP contribution in [0.25, 0.3) is 0 Å². The Balaban J connectivity index is 2.18. The first-order valence-corrected chi connectivity index (χ1v) is 9.87. The summed E-state index contributed by atoms with van der Waals surface area (Å²) in [5.41, 5.74) is 1.82. The van der Waals surface area contributed by atoms with Crippen LogP contribution in [0, 0.1) is 5.82 Å². The predicted molar refractivity (Wildman–Crippen MR) is 108 cm³/mol. The summed E-state index contributed by atoms with van der Waals surface area (Å²) in [7, 11) is 0. The van der Waals surface area contributed by atoms with Gasteiger partial charge in [-0.2, -0.15) is 0 Å². The number of halogens is 3. The number of hydrogen-bond acceptors (Lipinski definition) is 3. The Morgan fingerprint density at radius 3 is 2.62 bits per heavy atom. The smallest absolute Gasteiger partial charge is 0.175 e. The summed E-state index contributed by atoms with van der Waals surface area (Å²) in [6.07, 6.45) is 1.07. The first kappa shape index (κ1) is 21.0. The quantitative estimate of drug-likeness (QED) is 0.506. The van der Waals surface area contributed by atoms with Gasteiger partial charge in [-0.05, 0) is 66.0 Å². The molecule has 2 aromatic carbocycles. The lowest BCUT2D eigenvalue weighted by atomic mass is 10.1. The fraction of sp³-hybridized carbons (Fsp3) is 0.400. The Morgan fingerprint density at radius 2 is 1.96 bits per heavy atom. The molecular weight excluding hydrogens is 421 g/mol. The van der Waals surface area contributed by atoms with Crippen LogP contribution in [0.5, 0.6) is 11.5 Å². The molecule has 0 aliphatic rings. The van der Waals surface area contributed by atoms with Crippen LogP contribution in [0.4, 0.5) is 4.39 Å². The Hall–Kier alpha value is -1.30. The molecule has 142 valence electrons.